The number of esters is 1. The van der Waals surface area contributed by atoms with Crippen LogP contribution in [0, 0.1) is 10.1 Å². The second-order valence-corrected chi connectivity index (χ2v) is 3.89. The van der Waals surface area contributed by atoms with Crippen molar-refractivity contribution in [1.82, 2.24) is 0 Å². The molecule has 0 rings (SSSR count). The highest BCUT2D eigenvalue weighted by molar-refractivity contribution is 5.76. The molecule has 0 aliphatic carbocycles. The van der Waals surface area contributed by atoms with E-state index in [9.17, 15) is 14.9 Å². The van der Waals surface area contributed by atoms with E-state index in [1.165, 1.54) is 0 Å². The second kappa shape index (κ2) is 11.7. The van der Waals surface area contributed by atoms with Gasteiger partial charge in [0.15, 0.2) is 5.96 Å². The first-order valence-electron chi connectivity index (χ1n) is 6.26. The van der Waals surface area contributed by atoms with E-state index in [-0.39, 0.29) is 32.4 Å². The largest absolute Gasteiger partial charge is 0.462 e. The third kappa shape index (κ3) is 12.6. The van der Waals surface area contributed by atoms with Crippen molar-refractivity contribution in [2.45, 2.75) is 18.9 Å². The van der Waals surface area contributed by atoms with Crippen LogP contribution in [-0.4, -0.2) is 56.0 Å². The summed E-state index contributed by atoms with van der Waals surface area (Å²) in [4.78, 5) is 29.0. The van der Waals surface area contributed by atoms with Crippen LogP contribution in [0.4, 0.5) is 0 Å². The number of guanidine groups is 1. The van der Waals surface area contributed by atoms with Crippen LogP contribution in [0.25, 0.3) is 0 Å². The quantitative estimate of drug-likeness (QED) is 0.0930. The Balaban J connectivity index is 3.51. The van der Waals surface area contributed by atoms with Gasteiger partial charge >= 0.3 is 5.97 Å². The van der Waals surface area contributed by atoms with Gasteiger partial charge < -0.3 is 31.5 Å². The SMILES string of the molecule is NC(N)=NCCCC(N)C(=O)OCCOCCO[N+](=O)[O-]. The van der Waals surface area contributed by atoms with Crippen LogP contribution in [0.2, 0.25) is 0 Å². The molecule has 1 atom stereocenters. The normalized spacial score (nSPS) is 11.5. The molecule has 11 heteroatoms. The number of nitrogens with zero attached hydrogens (tertiary/aromatic N) is 2. The molecule has 21 heavy (non-hydrogen) atoms. The predicted molar refractivity (Wildman–Crippen MR) is 72.6 cm³/mol. The van der Waals surface area contributed by atoms with Crippen LogP contribution in [0.5, 0.6) is 0 Å². The van der Waals surface area contributed by atoms with Crippen LogP contribution in [0.15, 0.2) is 4.99 Å². The van der Waals surface area contributed by atoms with Crippen molar-refractivity contribution in [3.05, 3.63) is 10.1 Å². The van der Waals surface area contributed by atoms with Crippen molar-refractivity contribution in [1.29, 1.82) is 0 Å². The molecular weight excluding hydrogens is 286 g/mol. The standard InChI is InChI=1S/C10H21N5O6/c11-8(2-1-3-14-10(12)13)9(16)20-6-4-19-5-7-21-15(17)18/h8H,1-7,11H2,(H4,12,13,14). The van der Waals surface area contributed by atoms with E-state index in [2.05, 4.69) is 9.83 Å². The lowest BCUT2D eigenvalue weighted by Crippen LogP contribution is -2.33. The molecule has 0 aromatic heterocycles. The first-order valence-corrected chi connectivity index (χ1v) is 6.26. The van der Waals surface area contributed by atoms with E-state index in [1.807, 2.05) is 0 Å². The molecule has 0 aromatic carbocycles. The number of hydrogen-bond acceptors (Lipinski definition) is 8. The van der Waals surface area contributed by atoms with Gasteiger partial charge in [-0.1, -0.05) is 0 Å². The van der Waals surface area contributed by atoms with E-state index in [1.54, 1.807) is 0 Å². The van der Waals surface area contributed by atoms with Crippen molar-refractivity contribution < 1.29 is 24.2 Å². The zero-order valence-corrected chi connectivity index (χ0v) is 11.6. The van der Waals surface area contributed by atoms with E-state index in [0.29, 0.717) is 19.4 Å². The number of nitrogens with two attached hydrogens (primary N) is 3. The number of aliphatic imine (C=N–C) groups is 1. The smallest absolute Gasteiger partial charge is 0.322 e. The molecule has 0 aliphatic rings. The summed E-state index contributed by atoms with van der Waals surface area (Å²) in [6.07, 6.45) is 0.954. The maximum atomic E-state index is 11.4. The monoisotopic (exact) mass is 307 g/mol. The summed E-state index contributed by atoms with van der Waals surface area (Å²) in [5.41, 5.74) is 15.9. The van der Waals surface area contributed by atoms with Crippen molar-refractivity contribution >= 4 is 11.9 Å². The van der Waals surface area contributed by atoms with Gasteiger partial charge in [-0.2, -0.15) is 0 Å². The van der Waals surface area contributed by atoms with Crippen LogP contribution < -0.4 is 17.2 Å². The molecule has 122 valence electrons. The van der Waals surface area contributed by atoms with Crippen molar-refractivity contribution in [3.63, 3.8) is 0 Å². The number of rotatable bonds is 12. The van der Waals surface area contributed by atoms with Crippen molar-refractivity contribution in [3.8, 4) is 0 Å². The Labute approximate surface area is 121 Å². The highest BCUT2D eigenvalue weighted by Crippen LogP contribution is 1.98. The highest BCUT2D eigenvalue weighted by Gasteiger charge is 2.14. The molecule has 0 fully saturated rings. The Bertz CT molecular complexity index is 347. The van der Waals surface area contributed by atoms with Gasteiger partial charge in [0.05, 0.1) is 13.2 Å². The van der Waals surface area contributed by atoms with Crippen LogP contribution in [0.3, 0.4) is 0 Å². The molecule has 0 saturated heterocycles. The zero-order chi connectivity index (χ0) is 16.1. The van der Waals surface area contributed by atoms with Crippen LogP contribution in [-0.2, 0) is 19.1 Å². The molecule has 0 aromatic rings. The Morgan fingerprint density at radius 3 is 2.52 bits per heavy atom. The average molecular weight is 307 g/mol. The minimum atomic E-state index is -0.912. The molecule has 11 nitrogen and oxygen atoms in total. The Kier molecular flexibility index (Phi) is 10.5. The summed E-state index contributed by atoms with van der Waals surface area (Å²) in [5.74, 6) is -0.561. The van der Waals surface area contributed by atoms with E-state index in [0.717, 1.165) is 0 Å². The van der Waals surface area contributed by atoms with Gasteiger partial charge in [0.2, 0.25) is 0 Å². The van der Waals surface area contributed by atoms with Gasteiger partial charge in [-0.15, -0.1) is 10.1 Å². The van der Waals surface area contributed by atoms with Gasteiger partial charge in [-0.25, -0.2) is 0 Å². The molecular formula is C10H21N5O6. The maximum absolute atomic E-state index is 11.4. The fraction of sp³-hybridized carbons (Fsp3) is 0.800. The topological polar surface area (TPSA) is 178 Å². The fourth-order valence-corrected chi connectivity index (χ4v) is 1.22. The molecule has 1 unspecified atom stereocenters. The van der Waals surface area contributed by atoms with Crippen LogP contribution in [0.1, 0.15) is 12.8 Å². The first kappa shape index (κ1) is 18.9. The summed E-state index contributed by atoms with van der Waals surface area (Å²) >= 11 is 0. The summed E-state index contributed by atoms with van der Waals surface area (Å²) < 4.78 is 9.81. The van der Waals surface area contributed by atoms with E-state index in [4.69, 9.17) is 26.7 Å². The van der Waals surface area contributed by atoms with E-state index >= 15 is 0 Å². The van der Waals surface area contributed by atoms with Gasteiger partial charge in [-0.3, -0.25) is 9.79 Å². The molecule has 0 radical (unpaired) electrons. The summed E-state index contributed by atoms with van der Waals surface area (Å²) in [6.45, 7) is 0.365. The molecule has 0 bridgehead atoms. The summed E-state index contributed by atoms with van der Waals surface area (Å²) in [7, 11) is 0. The average Bonchev–Trinajstić information content (AvgIpc) is 2.41. The lowest BCUT2D eigenvalue weighted by atomic mass is 10.2. The number of carbonyl (C=O) groups excluding carboxylic acids is 1. The molecule has 0 aliphatic heterocycles. The number of ether oxygens (including phenoxy) is 2. The molecule has 0 spiro atoms. The number of carbonyl (C=O) groups is 1. The Morgan fingerprint density at radius 2 is 1.90 bits per heavy atom. The fourth-order valence-electron chi connectivity index (χ4n) is 1.22. The van der Waals surface area contributed by atoms with Crippen molar-refractivity contribution in [2.75, 3.05) is 33.0 Å². The molecule has 0 amide bonds. The second-order valence-electron chi connectivity index (χ2n) is 3.89. The van der Waals surface area contributed by atoms with Gasteiger partial charge in [0.1, 0.15) is 19.3 Å². The lowest BCUT2D eigenvalue weighted by molar-refractivity contribution is -0.758. The van der Waals surface area contributed by atoms with Gasteiger partial charge in [0.25, 0.3) is 5.09 Å². The lowest BCUT2D eigenvalue weighted by Gasteiger charge is -2.11. The Morgan fingerprint density at radius 1 is 1.24 bits per heavy atom. The van der Waals surface area contributed by atoms with E-state index < -0.39 is 17.1 Å². The summed E-state index contributed by atoms with van der Waals surface area (Å²) in [6, 6.07) is -0.753. The third-order valence-corrected chi connectivity index (χ3v) is 2.17. The summed E-state index contributed by atoms with van der Waals surface area (Å²) in [5, 5.41) is 8.91. The van der Waals surface area contributed by atoms with Gasteiger partial charge in [0, 0.05) is 6.54 Å². The van der Waals surface area contributed by atoms with Crippen molar-refractivity contribution in [2.24, 2.45) is 22.2 Å². The Hall–Kier alpha value is -2.14. The molecule has 6 N–H and O–H groups in total. The highest BCUT2D eigenvalue weighted by atomic mass is 17.0. The first-order chi connectivity index (χ1) is 9.93. The van der Waals surface area contributed by atoms with Gasteiger partial charge in [-0.05, 0) is 12.8 Å². The zero-order valence-electron chi connectivity index (χ0n) is 11.6. The molecule has 0 heterocycles. The third-order valence-electron chi connectivity index (χ3n) is 2.17. The predicted octanol–water partition coefficient (Wildman–Crippen LogP) is -1.86. The maximum Gasteiger partial charge on any atom is 0.322 e. The van der Waals surface area contributed by atoms with Crippen LogP contribution >= 0.6 is 0 Å². The number of hydrogen-bond donors (Lipinski definition) is 3. The minimum absolute atomic E-state index is 0.00986. The molecule has 0 saturated carbocycles. The minimum Gasteiger partial charge on any atom is -0.462 e.